The van der Waals surface area contributed by atoms with Crippen molar-refractivity contribution in [2.24, 2.45) is 0 Å². The number of rotatable bonds is 0. The zero-order valence-corrected chi connectivity index (χ0v) is 6.17. The summed E-state index contributed by atoms with van der Waals surface area (Å²) < 4.78 is 5.15. The predicted molar refractivity (Wildman–Crippen MR) is 37.4 cm³/mol. The van der Waals surface area contributed by atoms with Gasteiger partial charge >= 0.3 is 0 Å². The molecule has 1 radical (unpaired) electrons. The topological polar surface area (TPSA) is 29.5 Å². The number of hydrogen-bond donors (Lipinski definition) is 0. The number of carbonyl (C=O) groups excluding carboxylic acids is 1. The van der Waals surface area contributed by atoms with Gasteiger partial charge in [-0.15, -0.1) is 0 Å². The molecule has 0 spiro atoms. The number of morpholine rings is 1. The van der Waals surface area contributed by atoms with Crippen molar-refractivity contribution >= 4 is 5.91 Å². The first-order valence-electron chi connectivity index (χ1n) is 3.40. The van der Waals surface area contributed by atoms with E-state index in [1.807, 2.05) is 0 Å². The molecule has 0 bridgehead atoms. The highest BCUT2D eigenvalue weighted by Gasteiger charge is 2.17. The Bertz CT molecular complexity index is 136. The van der Waals surface area contributed by atoms with Crippen LogP contribution in [0.4, 0.5) is 0 Å². The number of hydrogen-bond acceptors (Lipinski definition) is 2. The van der Waals surface area contributed by atoms with Crippen LogP contribution in [0.15, 0.2) is 0 Å². The minimum absolute atomic E-state index is 0.0438. The Morgan fingerprint density at radius 3 is 2.90 bits per heavy atom. The van der Waals surface area contributed by atoms with Gasteiger partial charge in [-0.3, -0.25) is 4.79 Å². The van der Waals surface area contributed by atoms with Gasteiger partial charge in [0.1, 0.15) is 0 Å². The van der Waals surface area contributed by atoms with Crippen LogP contribution in [0.25, 0.3) is 0 Å². The van der Waals surface area contributed by atoms with Crippen molar-refractivity contribution in [3.05, 3.63) is 6.92 Å². The largest absolute Gasteiger partial charge is 0.375 e. The molecule has 3 nitrogen and oxygen atoms in total. The molecule has 0 saturated carbocycles. The van der Waals surface area contributed by atoms with Gasteiger partial charge in [-0.1, -0.05) is 0 Å². The monoisotopic (exact) mass is 142 g/mol. The van der Waals surface area contributed by atoms with Crippen molar-refractivity contribution in [2.45, 2.75) is 13.0 Å². The summed E-state index contributed by atoms with van der Waals surface area (Å²) in [6.45, 7) is 7.24. The Labute approximate surface area is 61.0 Å². The Hall–Kier alpha value is -0.570. The van der Waals surface area contributed by atoms with Gasteiger partial charge in [0, 0.05) is 20.0 Å². The first-order chi connectivity index (χ1) is 4.70. The van der Waals surface area contributed by atoms with Crippen LogP contribution in [0, 0.1) is 6.92 Å². The molecule has 0 aliphatic carbocycles. The third-order valence-corrected chi connectivity index (χ3v) is 1.58. The van der Waals surface area contributed by atoms with E-state index in [0.29, 0.717) is 19.7 Å². The van der Waals surface area contributed by atoms with Crippen LogP contribution in [0.1, 0.15) is 6.92 Å². The molecule has 1 rings (SSSR count). The Morgan fingerprint density at radius 2 is 2.50 bits per heavy atom. The Kier molecular flexibility index (Phi) is 2.27. The summed E-state index contributed by atoms with van der Waals surface area (Å²) in [5.41, 5.74) is 0. The van der Waals surface area contributed by atoms with Crippen LogP contribution in [0.3, 0.4) is 0 Å². The molecule has 1 atom stereocenters. The maximum atomic E-state index is 10.8. The molecule has 0 N–H and O–H groups in total. The summed E-state index contributed by atoms with van der Waals surface area (Å²) in [5.74, 6) is 0.108. The SMILES string of the molecule is [CH2]C1CN(C(C)=O)CCO1. The van der Waals surface area contributed by atoms with E-state index in [-0.39, 0.29) is 12.0 Å². The van der Waals surface area contributed by atoms with Crippen molar-refractivity contribution in [2.75, 3.05) is 19.7 Å². The van der Waals surface area contributed by atoms with Gasteiger partial charge < -0.3 is 9.64 Å². The van der Waals surface area contributed by atoms with E-state index < -0.39 is 0 Å². The zero-order chi connectivity index (χ0) is 7.56. The minimum Gasteiger partial charge on any atom is -0.375 e. The standard InChI is InChI=1S/C7H12NO2/c1-6-5-8(7(2)9)3-4-10-6/h6H,1,3-5H2,2H3. The molecule has 0 aromatic carbocycles. The maximum absolute atomic E-state index is 10.8. The Morgan fingerprint density at radius 1 is 1.80 bits per heavy atom. The van der Waals surface area contributed by atoms with Gasteiger partial charge in [0.15, 0.2) is 0 Å². The molecule has 1 saturated heterocycles. The fourth-order valence-electron chi connectivity index (χ4n) is 1.01. The van der Waals surface area contributed by atoms with Gasteiger partial charge in [0.25, 0.3) is 0 Å². The fraction of sp³-hybridized carbons (Fsp3) is 0.714. The average molecular weight is 142 g/mol. The Balaban J connectivity index is 2.39. The van der Waals surface area contributed by atoms with Crippen LogP contribution < -0.4 is 0 Å². The van der Waals surface area contributed by atoms with E-state index in [9.17, 15) is 4.79 Å². The van der Waals surface area contributed by atoms with Crippen molar-refractivity contribution in [1.82, 2.24) is 4.90 Å². The maximum Gasteiger partial charge on any atom is 0.219 e. The summed E-state index contributed by atoms with van der Waals surface area (Å²) in [4.78, 5) is 12.5. The van der Waals surface area contributed by atoms with E-state index in [0.717, 1.165) is 0 Å². The second kappa shape index (κ2) is 3.01. The lowest BCUT2D eigenvalue weighted by molar-refractivity contribution is -0.134. The number of nitrogens with zero attached hydrogens (tertiary/aromatic N) is 1. The lowest BCUT2D eigenvalue weighted by Crippen LogP contribution is -2.43. The molecule has 1 unspecified atom stereocenters. The minimum atomic E-state index is -0.0438. The molecule has 1 aliphatic rings. The van der Waals surface area contributed by atoms with Crippen molar-refractivity contribution in [3.8, 4) is 0 Å². The van der Waals surface area contributed by atoms with Gasteiger partial charge in [0.05, 0.1) is 12.7 Å². The molecular formula is C7H12NO2. The molecule has 1 heterocycles. The van der Waals surface area contributed by atoms with E-state index in [4.69, 9.17) is 4.74 Å². The van der Waals surface area contributed by atoms with Crippen LogP contribution >= 0.6 is 0 Å². The van der Waals surface area contributed by atoms with E-state index >= 15 is 0 Å². The van der Waals surface area contributed by atoms with Crippen molar-refractivity contribution in [1.29, 1.82) is 0 Å². The summed E-state index contributed by atoms with van der Waals surface area (Å²) in [6, 6.07) is 0. The number of amides is 1. The van der Waals surface area contributed by atoms with Gasteiger partial charge in [0.2, 0.25) is 5.91 Å². The lowest BCUT2D eigenvalue weighted by atomic mass is 10.3. The molecule has 0 aromatic rings. The third-order valence-electron chi connectivity index (χ3n) is 1.58. The summed E-state index contributed by atoms with van der Waals surface area (Å²) in [6.07, 6.45) is -0.0438. The van der Waals surface area contributed by atoms with Crippen molar-refractivity contribution < 1.29 is 9.53 Å². The highest BCUT2D eigenvalue weighted by Crippen LogP contribution is 2.03. The molecule has 57 valence electrons. The summed E-state index contributed by atoms with van der Waals surface area (Å²) >= 11 is 0. The highest BCUT2D eigenvalue weighted by atomic mass is 16.5. The van der Waals surface area contributed by atoms with Crippen molar-refractivity contribution in [3.63, 3.8) is 0 Å². The van der Waals surface area contributed by atoms with Crippen LogP contribution in [0.2, 0.25) is 0 Å². The second-order valence-electron chi connectivity index (χ2n) is 2.46. The molecule has 0 aromatic heterocycles. The molecular weight excluding hydrogens is 130 g/mol. The van der Waals surface area contributed by atoms with Gasteiger partial charge in [-0.25, -0.2) is 0 Å². The van der Waals surface area contributed by atoms with E-state index in [2.05, 4.69) is 6.92 Å². The molecule has 3 heteroatoms. The van der Waals surface area contributed by atoms with E-state index in [1.54, 1.807) is 11.8 Å². The smallest absolute Gasteiger partial charge is 0.219 e. The average Bonchev–Trinajstić information content (AvgIpc) is 1.88. The summed E-state index contributed by atoms with van der Waals surface area (Å²) in [7, 11) is 0. The zero-order valence-electron chi connectivity index (χ0n) is 6.17. The molecule has 1 amide bonds. The first kappa shape index (κ1) is 7.54. The molecule has 1 aliphatic heterocycles. The van der Waals surface area contributed by atoms with Crippen LogP contribution in [-0.4, -0.2) is 36.6 Å². The molecule has 10 heavy (non-hydrogen) atoms. The quantitative estimate of drug-likeness (QED) is 0.479. The number of carbonyl (C=O) groups is 1. The van der Waals surface area contributed by atoms with Crippen LogP contribution in [-0.2, 0) is 9.53 Å². The number of ether oxygens (including phenoxy) is 1. The molecule has 1 fully saturated rings. The van der Waals surface area contributed by atoms with E-state index in [1.165, 1.54) is 0 Å². The second-order valence-corrected chi connectivity index (χ2v) is 2.46. The van der Waals surface area contributed by atoms with Crippen LogP contribution in [0.5, 0.6) is 0 Å². The summed E-state index contributed by atoms with van der Waals surface area (Å²) in [5, 5.41) is 0. The van der Waals surface area contributed by atoms with Gasteiger partial charge in [-0.2, -0.15) is 0 Å². The third kappa shape index (κ3) is 1.70. The first-order valence-corrected chi connectivity index (χ1v) is 3.40. The lowest BCUT2D eigenvalue weighted by Gasteiger charge is -2.30. The normalized spacial score (nSPS) is 26.6. The fourth-order valence-corrected chi connectivity index (χ4v) is 1.01. The predicted octanol–water partition coefficient (Wildman–Crippen LogP) is 0.0678. The highest BCUT2D eigenvalue weighted by molar-refractivity contribution is 5.73. The van der Waals surface area contributed by atoms with Gasteiger partial charge in [-0.05, 0) is 6.92 Å².